The molecular formula is C22H20F3NO3. The predicted molar refractivity (Wildman–Crippen MR) is 102 cm³/mol. The van der Waals surface area contributed by atoms with E-state index in [0.29, 0.717) is 17.7 Å². The molecule has 7 heteroatoms. The van der Waals surface area contributed by atoms with E-state index >= 15 is 0 Å². The van der Waals surface area contributed by atoms with Gasteiger partial charge in [-0.2, -0.15) is 13.2 Å². The minimum absolute atomic E-state index is 0.247. The number of benzene rings is 2. The summed E-state index contributed by atoms with van der Waals surface area (Å²) >= 11 is 0. The van der Waals surface area contributed by atoms with Gasteiger partial charge in [0.05, 0.1) is 17.7 Å². The Bertz CT molecular complexity index is 979. The van der Waals surface area contributed by atoms with E-state index in [1.165, 1.54) is 18.2 Å². The van der Waals surface area contributed by atoms with Crippen LogP contribution < -0.4 is 0 Å². The lowest BCUT2D eigenvalue weighted by atomic mass is 10.0. The summed E-state index contributed by atoms with van der Waals surface area (Å²) < 4.78 is 49.5. The number of hydrogen-bond donors (Lipinski definition) is 0. The topological polar surface area (TPSA) is 52.3 Å². The molecule has 1 aromatic heterocycles. The molecule has 0 aliphatic carbocycles. The maximum atomic E-state index is 13.0. The first kappa shape index (κ1) is 20.6. The third kappa shape index (κ3) is 5.04. The summed E-state index contributed by atoms with van der Waals surface area (Å²) in [5, 5.41) is 3.88. The van der Waals surface area contributed by atoms with Crippen LogP contribution in [0.25, 0.3) is 22.6 Å². The van der Waals surface area contributed by atoms with E-state index in [9.17, 15) is 18.0 Å². The molecule has 0 bridgehead atoms. The molecule has 0 radical (unpaired) electrons. The third-order valence-corrected chi connectivity index (χ3v) is 4.39. The predicted octanol–water partition coefficient (Wildman–Crippen LogP) is 6.37. The lowest BCUT2D eigenvalue weighted by Crippen LogP contribution is -2.07. The highest BCUT2D eigenvalue weighted by Crippen LogP contribution is 2.33. The average molecular weight is 403 g/mol. The monoisotopic (exact) mass is 403 g/mol. The van der Waals surface area contributed by atoms with Gasteiger partial charge in [0, 0.05) is 17.2 Å². The molecule has 1 heterocycles. The van der Waals surface area contributed by atoms with Crippen LogP contribution in [0.3, 0.4) is 0 Å². The van der Waals surface area contributed by atoms with E-state index in [1.807, 2.05) is 0 Å². The van der Waals surface area contributed by atoms with E-state index in [0.717, 1.165) is 31.4 Å². The van der Waals surface area contributed by atoms with Crippen molar-refractivity contribution in [2.45, 2.75) is 32.4 Å². The van der Waals surface area contributed by atoms with Crippen LogP contribution in [0.1, 0.15) is 42.1 Å². The van der Waals surface area contributed by atoms with Crippen molar-refractivity contribution in [3.05, 3.63) is 65.7 Å². The van der Waals surface area contributed by atoms with Crippen molar-refractivity contribution in [2.75, 3.05) is 6.61 Å². The first-order valence-corrected chi connectivity index (χ1v) is 9.31. The fourth-order valence-electron chi connectivity index (χ4n) is 2.86. The lowest BCUT2D eigenvalue weighted by Gasteiger charge is -2.07. The van der Waals surface area contributed by atoms with E-state index < -0.39 is 17.7 Å². The number of ether oxygens (including phenoxy) is 1. The van der Waals surface area contributed by atoms with Gasteiger partial charge >= 0.3 is 12.1 Å². The highest BCUT2D eigenvalue weighted by atomic mass is 19.4. The Hall–Kier alpha value is -3.09. The number of unbranched alkanes of at least 4 members (excludes halogenated alkanes) is 2. The second-order valence-electron chi connectivity index (χ2n) is 6.54. The van der Waals surface area contributed by atoms with Gasteiger partial charge in [-0.25, -0.2) is 4.79 Å². The van der Waals surface area contributed by atoms with Gasteiger partial charge < -0.3 is 9.26 Å². The molecule has 3 aromatic rings. The number of hydrogen-bond acceptors (Lipinski definition) is 4. The quantitative estimate of drug-likeness (QED) is 0.340. The molecule has 0 unspecified atom stereocenters. The van der Waals surface area contributed by atoms with Gasteiger partial charge in [0.2, 0.25) is 0 Å². The zero-order chi connectivity index (χ0) is 20.9. The molecule has 2 aromatic carbocycles. The number of alkyl halides is 3. The number of carbonyl (C=O) groups excluding carboxylic acids is 1. The standard InChI is InChI=1S/C22H20F3NO3/c1-2-3-6-12-28-21(27)18-11-5-4-10-17(18)20-14-19(26-29-20)15-8-7-9-16(13-15)22(23,24)25/h4-5,7-11,13-14H,2-3,6,12H2,1H3. The normalized spacial score (nSPS) is 11.4. The second kappa shape index (κ2) is 8.94. The minimum atomic E-state index is -4.45. The Kier molecular flexibility index (Phi) is 6.36. The Morgan fingerprint density at radius 3 is 2.62 bits per heavy atom. The molecule has 4 nitrogen and oxygen atoms in total. The fraction of sp³-hybridized carbons (Fsp3) is 0.273. The van der Waals surface area contributed by atoms with Crippen molar-refractivity contribution in [3.63, 3.8) is 0 Å². The Morgan fingerprint density at radius 1 is 1.07 bits per heavy atom. The largest absolute Gasteiger partial charge is 0.462 e. The minimum Gasteiger partial charge on any atom is -0.462 e. The SMILES string of the molecule is CCCCCOC(=O)c1ccccc1-c1cc(-c2cccc(C(F)(F)F)c2)no1. The summed E-state index contributed by atoms with van der Waals surface area (Å²) in [6.07, 6.45) is -1.68. The van der Waals surface area contributed by atoms with Crippen LogP contribution in [0.4, 0.5) is 13.2 Å². The highest BCUT2D eigenvalue weighted by molar-refractivity contribution is 5.96. The molecule has 0 fully saturated rings. The molecule has 0 spiro atoms. The molecular weight excluding hydrogens is 383 g/mol. The molecule has 152 valence electrons. The Balaban J connectivity index is 1.85. The summed E-state index contributed by atoms with van der Waals surface area (Å²) in [6.45, 7) is 2.38. The van der Waals surface area contributed by atoms with Crippen LogP contribution in [0, 0.1) is 0 Å². The van der Waals surface area contributed by atoms with Crippen LogP contribution in [-0.2, 0) is 10.9 Å². The van der Waals surface area contributed by atoms with Gasteiger partial charge in [-0.15, -0.1) is 0 Å². The molecule has 29 heavy (non-hydrogen) atoms. The number of halogens is 3. The average Bonchev–Trinajstić information content (AvgIpc) is 3.21. The molecule has 0 saturated heterocycles. The van der Waals surface area contributed by atoms with Crippen LogP contribution in [-0.4, -0.2) is 17.7 Å². The van der Waals surface area contributed by atoms with Crippen LogP contribution in [0.15, 0.2) is 59.1 Å². The highest BCUT2D eigenvalue weighted by Gasteiger charge is 2.30. The van der Waals surface area contributed by atoms with Crippen LogP contribution in [0.2, 0.25) is 0 Å². The van der Waals surface area contributed by atoms with Gasteiger partial charge in [-0.3, -0.25) is 0 Å². The van der Waals surface area contributed by atoms with Gasteiger partial charge in [-0.1, -0.05) is 55.3 Å². The number of nitrogens with zero attached hydrogens (tertiary/aromatic N) is 1. The van der Waals surface area contributed by atoms with Crippen molar-refractivity contribution < 1.29 is 27.2 Å². The summed E-state index contributed by atoms with van der Waals surface area (Å²) in [6, 6.07) is 13.1. The molecule has 0 amide bonds. The van der Waals surface area contributed by atoms with Crippen molar-refractivity contribution in [1.29, 1.82) is 0 Å². The molecule has 0 N–H and O–H groups in total. The number of esters is 1. The molecule has 0 aliphatic heterocycles. The Labute approximate surface area is 166 Å². The van der Waals surface area contributed by atoms with E-state index in [1.54, 1.807) is 24.3 Å². The van der Waals surface area contributed by atoms with Gasteiger partial charge in [0.25, 0.3) is 0 Å². The lowest BCUT2D eigenvalue weighted by molar-refractivity contribution is -0.137. The van der Waals surface area contributed by atoms with Gasteiger partial charge in [0.1, 0.15) is 5.69 Å². The van der Waals surface area contributed by atoms with Crippen molar-refractivity contribution in [1.82, 2.24) is 5.16 Å². The zero-order valence-corrected chi connectivity index (χ0v) is 15.8. The Morgan fingerprint density at radius 2 is 1.86 bits per heavy atom. The summed E-state index contributed by atoms with van der Waals surface area (Å²) in [7, 11) is 0. The maximum absolute atomic E-state index is 13.0. The summed E-state index contributed by atoms with van der Waals surface area (Å²) in [5.74, 6) is -0.202. The zero-order valence-electron chi connectivity index (χ0n) is 15.8. The number of rotatable bonds is 7. The van der Waals surface area contributed by atoms with E-state index in [2.05, 4.69) is 12.1 Å². The van der Waals surface area contributed by atoms with Crippen molar-refractivity contribution in [3.8, 4) is 22.6 Å². The van der Waals surface area contributed by atoms with Gasteiger partial charge in [-0.05, 0) is 24.6 Å². The smallest absolute Gasteiger partial charge is 0.416 e. The first-order valence-electron chi connectivity index (χ1n) is 9.31. The van der Waals surface area contributed by atoms with Gasteiger partial charge in [0.15, 0.2) is 5.76 Å². The summed E-state index contributed by atoms with van der Waals surface area (Å²) in [4.78, 5) is 12.4. The molecule has 0 aliphatic rings. The van der Waals surface area contributed by atoms with Crippen molar-refractivity contribution >= 4 is 5.97 Å². The summed E-state index contributed by atoms with van der Waals surface area (Å²) in [5.41, 5.74) is 0.539. The van der Waals surface area contributed by atoms with Crippen LogP contribution in [0.5, 0.6) is 0 Å². The second-order valence-corrected chi connectivity index (χ2v) is 6.54. The van der Waals surface area contributed by atoms with Crippen molar-refractivity contribution in [2.24, 2.45) is 0 Å². The third-order valence-electron chi connectivity index (χ3n) is 4.39. The number of aromatic nitrogens is 1. The van der Waals surface area contributed by atoms with E-state index in [4.69, 9.17) is 9.26 Å². The van der Waals surface area contributed by atoms with E-state index in [-0.39, 0.29) is 17.0 Å². The first-order chi connectivity index (χ1) is 13.9. The maximum Gasteiger partial charge on any atom is 0.416 e. The van der Waals surface area contributed by atoms with Crippen LogP contribution >= 0.6 is 0 Å². The molecule has 3 rings (SSSR count). The number of carbonyl (C=O) groups is 1. The molecule has 0 atom stereocenters. The molecule has 0 saturated carbocycles. The fourth-order valence-corrected chi connectivity index (χ4v) is 2.86.